The highest BCUT2D eigenvalue weighted by Gasteiger charge is 2.27. The summed E-state index contributed by atoms with van der Waals surface area (Å²) in [6, 6.07) is 9.33. The monoisotopic (exact) mass is 394 g/mol. The molecular weight excluding hydrogens is 375 g/mol. The molecule has 0 aliphatic heterocycles. The summed E-state index contributed by atoms with van der Waals surface area (Å²) in [4.78, 5) is 24.1. The zero-order valence-corrected chi connectivity index (χ0v) is 15.9. The van der Waals surface area contributed by atoms with Crippen LogP contribution in [0.1, 0.15) is 32.3 Å². The molecule has 0 heterocycles. The minimum atomic E-state index is -1.67. The Bertz CT molecular complexity index is 526. The van der Waals surface area contributed by atoms with E-state index in [0.29, 0.717) is 6.42 Å². The molecule has 7 heteroatoms. The fourth-order valence-corrected chi connectivity index (χ4v) is 2.26. The number of benzene rings is 1. The molecule has 0 fully saturated rings. The maximum Gasteiger partial charge on any atom is 0.309 e. The van der Waals surface area contributed by atoms with Crippen molar-refractivity contribution in [2.24, 2.45) is 11.8 Å². The number of ether oxygens (including phenoxy) is 2. The molecule has 24 heavy (non-hydrogen) atoms. The first-order valence-corrected chi connectivity index (χ1v) is 8.73. The zero-order valence-electron chi connectivity index (χ0n) is 13.6. The van der Waals surface area contributed by atoms with E-state index in [-0.39, 0.29) is 25.6 Å². The Hall–Kier alpha value is -0.970. The lowest BCUT2D eigenvalue weighted by atomic mass is 9.94. The molecule has 1 aromatic rings. The summed E-state index contributed by atoms with van der Waals surface area (Å²) < 4.78 is 8.53. The average molecular weight is 396 g/mol. The zero-order chi connectivity index (χ0) is 18.2. The SMILES string of the molecule is CC(C)C[C@H](CC(=O)OCC(Cl)(Cl)Cl)C(=O)OCc1ccccc1. The minimum Gasteiger partial charge on any atom is -0.461 e. The molecule has 4 nitrogen and oxygen atoms in total. The predicted molar refractivity (Wildman–Crippen MR) is 95.0 cm³/mol. The first-order valence-electron chi connectivity index (χ1n) is 7.60. The van der Waals surface area contributed by atoms with Crippen LogP contribution in [0.5, 0.6) is 0 Å². The van der Waals surface area contributed by atoms with Gasteiger partial charge in [-0.05, 0) is 17.9 Å². The van der Waals surface area contributed by atoms with E-state index >= 15 is 0 Å². The number of hydrogen-bond acceptors (Lipinski definition) is 4. The van der Waals surface area contributed by atoms with Crippen molar-refractivity contribution >= 4 is 46.7 Å². The fourth-order valence-electron chi connectivity index (χ4n) is 2.10. The number of carbonyl (C=O) groups is 2. The van der Waals surface area contributed by atoms with Crippen LogP contribution < -0.4 is 0 Å². The van der Waals surface area contributed by atoms with Gasteiger partial charge < -0.3 is 9.47 Å². The summed E-state index contributed by atoms with van der Waals surface area (Å²) in [5.41, 5.74) is 0.882. The largest absolute Gasteiger partial charge is 0.461 e. The maximum absolute atomic E-state index is 12.3. The van der Waals surface area contributed by atoms with E-state index in [1.807, 2.05) is 44.2 Å². The van der Waals surface area contributed by atoms with Crippen molar-refractivity contribution in [1.82, 2.24) is 0 Å². The lowest BCUT2D eigenvalue weighted by molar-refractivity contribution is -0.156. The summed E-state index contributed by atoms with van der Waals surface area (Å²) in [6.45, 7) is 3.73. The lowest BCUT2D eigenvalue weighted by Gasteiger charge is -2.18. The van der Waals surface area contributed by atoms with Gasteiger partial charge in [0.2, 0.25) is 3.79 Å². The summed E-state index contributed by atoms with van der Waals surface area (Å²) in [5, 5.41) is 0. The van der Waals surface area contributed by atoms with Crippen molar-refractivity contribution in [2.75, 3.05) is 6.61 Å². The number of rotatable bonds is 8. The normalized spacial score (nSPS) is 12.8. The van der Waals surface area contributed by atoms with Crippen LogP contribution >= 0.6 is 34.8 Å². The maximum atomic E-state index is 12.3. The molecule has 0 spiro atoms. The Morgan fingerprint density at radius 3 is 2.25 bits per heavy atom. The molecule has 0 N–H and O–H groups in total. The molecule has 0 saturated heterocycles. The highest BCUT2D eigenvalue weighted by atomic mass is 35.6. The van der Waals surface area contributed by atoms with E-state index in [1.165, 1.54) is 0 Å². The highest BCUT2D eigenvalue weighted by molar-refractivity contribution is 6.67. The number of carbonyl (C=O) groups excluding carboxylic acids is 2. The quantitative estimate of drug-likeness (QED) is 0.473. The van der Waals surface area contributed by atoms with Crippen molar-refractivity contribution in [3.05, 3.63) is 35.9 Å². The lowest BCUT2D eigenvalue weighted by Crippen LogP contribution is -2.25. The van der Waals surface area contributed by atoms with Crippen LogP contribution in [0.15, 0.2) is 30.3 Å². The molecule has 0 aliphatic carbocycles. The van der Waals surface area contributed by atoms with Crippen LogP contribution in [0.25, 0.3) is 0 Å². The number of hydrogen-bond donors (Lipinski definition) is 0. The number of esters is 2. The Balaban J connectivity index is 2.56. The predicted octanol–water partition coefficient (Wildman–Crippen LogP) is 4.70. The van der Waals surface area contributed by atoms with Gasteiger partial charge in [-0.3, -0.25) is 9.59 Å². The number of alkyl halides is 3. The van der Waals surface area contributed by atoms with Gasteiger partial charge in [-0.25, -0.2) is 0 Å². The highest BCUT2D eigenvalue weighted by Crippen LogP contribution is 2.26. The summed E-state index contributed by atoms with van der Waals surface area (Å²) in [7, 11) is 0. The third kappa shape index (κ3) is 9.36. The smallest absolute Gasteiger partial charge is 0.309 e. The van der Waals surface area contributed by atoms with E-state index in [9.17, 15) is 9.59 Å². The molecule has 1 atom stereocenters. The van der Waals surface area contributed by atoms with Gasteiger partial charge in [0.05, 0.1) is 12.3 Å². The minimum absolute atomic E-state index is 0.105. The van der Waals surface area contributed by atoms with Crippen molar-refractivity contribution < 1.29 is 19.1 Å². The Morgan fingerprint density at radius 1 is 1.08 bits per heavy atom. The van der Waals surface area contributed by atoms with Gasteiger partial charge >= 0.3 is 11.9 Å². The van der Waals surface area contributed by atoms with Crippen molar-refractivity contribution in [2.45, 2.75) is 37.1 Å². The first kappa shape index (κ1) is 21.1. The van der Waals surface area contributed by atoms with E-state index in [1.54, 1.807) is 0 Å². The summed E-state index contributed by atoms with van der Waals surface area (Å²) in [6.07, 6.45) is 0.406. The second-order valence-electron chi connectivity index (χ2n) is 5.90. The van der Waals surface area contributed by atoms with Gasteiger partial charge in [0.1, 0.15) is 13.2 Å². The van der Waals surface area contributed by atoms with E-state index < -0.39 is 21.6 Å². The second kappa shape index (κ2) is 10.1. The molecule has 0 aliphatic rings. The van der Waals surface area contributed by atoms with Crippen LogP contribution in [0, 0.1) is 11.8 Å². The Labute approximate surface area is 157 Å². The van der Waals surface area contributed by atoms with Crippen LogP contribution in [-0.2, 0) is 25.7 Å². The Kier molecular flexibility index (Phi) is 8.88. The number of halogens is 3. The summed E-state index contributed by atoms with van der Waals surface area (Å²) in [5.74, 6) is -1.39. The molecule has 0 amide bonds. The van der Waals surface area contributed by atoms with Crippen LogP contribution in [-0.4, -0.2) is 22.3 Å². The van der Waals surface area contributed by atoms with Crippen molar-refractivity contribution in [3.63, 3.8) is 0 Å². The van der Waals surface area contributed by atoms with Gasteiger partial charge in [0, 0.05) is 0 Å². The first-order chi connectivity index (χ1) is 11.2. The van der Waals surface area contributed by atoms with Gasteiger partial charge in [0.25, 0.3) is 0 Å². The molecule has 0 unspecified atom stereocenters. The van der Waals surface area contributed by atoms with Gasteiger partial charge in [-0.2, -0.15) is 0 Å². The van der Waals surface area contributed by atoms with Gasteiger partial charge in [-0.1, -0.05) is 79.0 Å². The van der Waals surface area contributed by atoms with Gasteiger partial charge in [-0.15, -0.1) is 0 Å². The van der Waals surface area contributed by atoms with Crippen molar-refractivity contribution in [1.29, 1.82) is 0 Å². The summed E-state index contributed by atoms with van der Waals surface area (Å²) >= 11 is 16.6. The molecule has 0 aromatic heterocycles. The standard InChI is InChI=1S/C17H21Cl3O4/c1-12(2)8-14(9-15(21)24-11-17(18,19)20)16(22)23-10-13-6-4-3-5-7-13/h3-7,12,14H,8-11H2,1-2H3/t14-/m1/s1. The molecule has 134 valence electrons. The van der Waals surface area contributed by atoms with Crippen molar-refractivity contribution in [3.8, 4) is 0 Å². The second-order valence-corrected chi connectivity index (χ2v) is 8.42. The fraction of sp³-hybridized carbons (Fsp3) is 0.529. The van der Waals surface area contributed by atoms with Gasteiger partial charge in [0.15, 0.2) is 0 Å². The molecule has 0 saturated carbocycles. The molecule has 0 radical (unpaired) electrons. The average Bonchev–Trinajstić information content (AvgIpc) is 2.50. The Morgan fingerprint density at radius 2 is 1.71 bits per heavy atom. The molecule has 1 aromatic carbocycles. The molecule has 1 rings (SSSR count). The van der Waals surface area contributed by atoms with Crippen LogP contribution in [0.3, 0.4) is 0 Å². The third-order valence-corrected chi connectivity index (χ3v) is 3.45. The van der Waals surface area contributed by atoms with E-state index in [0.717, 1.165) is 5.56 Å². The van der Waals surface area contributed by atoms with Crippen LogP contribution in [0.4, 0.5) is 0 Å². The third-order valence-electron chi connectivity index (χ3n) is 3.12. The molecule has 0 bridgehead atoms. The topological polar surface area (TPSA) is 52.6 Å². The van der Waals surface area contributed by atoms with E-state index in [4.69, 9.17) is 44.3 Å². The van der Waals surface area contributed by atoms with E-state index in [2.05, 4.69) is 0 Å². The van der Waals surface area contributed by atoms with Crippen LogP contribution in [0.2, 0.25) is 0 Å². The molecular formula is C17H21Cl3O4.